The molecule has 3 nitrogen and oxygen atoms in total. The first-order chi connectivity index (χ1) is 14.2. The molecule has 0 amide bonds. The second kappa shape index (κ2) is 8.24. The van der Waals surface area contributed by atoms with Crippen molar-refractivity contribution in [3.63, 3.8) is 0 Å². The summed E-state index contributed by atoms with van der Waals surface area (Å²) in [7, 11) is 0. The lowest BCUT2D eigenvalue weighted by Gasteiger charge is -2.06. The average molecular weight is 381 g/mol. The molecule has 4 aromatic rings. The molecule has 144 valence electrons. The van der Waals surface area contributed by atoms with Gasteiger partial charge in [-0.05, 0) is 35.4 Å². The van der Waals surface area contributed by atoms with E-state index in [2.05, 4.69) is 17.4 Å². The number of nitrogens with zero attached hydrogens (tertiary/aromatic N) is 1. The number of hydrogen-bond donors (Lipinski definition) is 0. The Balaban J connectivity index is 1.86. The van der Waals surface area contributed by atoms with Crippen molar-refractivity contribution in [3.8, 4) is 18.1 Å². The summed E-state index contributed by atoms with van der Waals surface area (Å²) in [6.45, 7) is 3.24. The highest BCUT2D eigenvalue weighted by Gasteiger charge is 2.19. The molecule has 0 saturated carbocycles. The average Bonchev–Trinajstić information content (AvgIpc) is 3.13. The number of fused-ring (bicyclic) bond motifs is 2. The van der Waals surface area contributed by atoms with E-state index < -0.39 is 0 Å². The summed E-state index contributed by atoms with van der Waals surface area (Å²) in [4.78, 5) is 13.6. The van der Waals surface area contributed by atoms with Crippen LogP contribution in [0.15, 0.2) is 66.9 Å². The van der Waals surface area contributed by atoms with Gasteiger partial charge in [-0.2, -0.15) is 0 Å². The number of ether oxygens (including phenoxy) is 1. The first kappa shape index (κ1) is 18.8. The second-order valence-corrected chi connectivity index (χ2v) is 7.12. The maximum absolute atomic E-state index is 13.6. The minimum Gasteiger partial charge on any atom is -0.481 e. The molecule has 0 unspecified atom stereocenters. The van der Waals surface area contributed by atoms with Crippen molar-refractivity contribution in [1.82, 2.24) is 4.57 Å². The SMILES string of the molecule is C#CCOc1ccc2c(c1)c(C(=O)c1cccc3ccccc13)cn2CCCC. The largest absolute Gasteiger partial charge is 0.481 e. The number of unbranched alkanes of at least 4 members (excludes halogenated alkanes) is 1. The third-order valence-electron chi connectivity index (χ3n) is 5.21. The van der Waals surface area contributed by atoms with E-state index in [9.17, 15) is 4.79 Å². The molecule has 0 aliphatic carbocycles. The van der Waals surface area contributed by atoms with Crippen molar-refractivity contribution in [3.05, 3.63) is 78.0 Å². The zero-order chi connectivity index (χ0) is 20.2. The number of rotatable bonds is 7. The Kier molecular flexibility index (Phi) is 5.35. The molecular formula is C26H23NO2. The van der Waals surface area contributed by atoms with Crippen LogP contribution < -0.4 is 4.74 Å². The molecular weight excluding hydrogens is 358 g/mol. The molecule has 0 N–H and O–H groups in total. The Morgan fingerprint density at radius 2 is 1.86 bits per heavy atom. The van der Waals surface area contributed by atoms with Crippen LogP contribution in [0.2, 0.25) is 0 Å². The fourth-order valence-electron chi connectivity index (χ4n) is 3.75. The van der Waals surface area contributed by atoms with E-state index in [1.54, 1.807) is 0 Å². The highest BCUT2D eigenvalue weighted by atomic mass is 16.5. The lowest BCUT2D eigenvalue weighted by molar-refractivity contribution is 0.104. The summed E-state index contributed by atoms with van der Waals surface area (Å²) in [5.41, 5.74) is 2.45. The van der Waals surface area contributed by atoms with Crippen LogP contribution >= 0.6 is 0 Å². The van der Waals surface area contributed by atoms with Crippen molar-refractivity contribution in [2.75, 3.05) is 6.61 Å². The Morgan fingerprint density at radius 1 is 1.03 bits per heavy atom. The second-order valence-electron chi connectivity index (χ2n) is 7.12. The number of aromatic nitrogens is 1. The van der Waals surface area contributed by atoms with Crippen LogP contribution in [-0.4, -0.2) is 17.0 Å². The number of terminal acetylenes is 1. The zero-order valence-electron chi connectivity index (χ0n) is 16.5. The van der Waals surface area contributed by atoms with Gasteiger partial charge in [0, 0.05) is 34.8 Å². The van der Waals surface area contributed by atoms with Gasteiger partial charge < -0.3 is 9.30 Å². The molecule has 3 heteroatoms. The number of carbonyl (C=O) groups is 1. The van der Waals surface area contributed by atoms with Crippen molar-refractivity contribution < 1.29 is 9.53 Å². The van der Waals surface area contributed by atoms with Gasteiger partial charge >= 0.3 is 0 Å². The molecule has 0 aliphatic rings. The third-order valence-corrected chi connectivity index (χ3v) is 5.21. The standard InChI is InChI=1S/C26H23NO2/c1-3-5-15-27-18-24(23-17-20(29-16-4-2)13-14-25(23)27)26(28)22-12-8-10-19-9-6-7-11-21(19)22/h2,6-14,17-18H,3,5,15-16H2,1H3. The van der Waals surface area contributed by atoms with Gasteiger partial charge in [-0.25, -0.2) is 0 Å². The number of ketones is 1. The fourth-order valence-corrected chi connectivity index (χ4v) is 3.75. The highest BCUT2D eigenvalue weighted by Crippen LogP contribution is 2.30. The summed E-state index contributed by atoms with van der Waals surface area (Å²) in [5, 5.41) is 2.92. The summed E-state index contributed by atoms with van der Waals surface area (Å²) in [6.07, 6.45) is 9.45. The van der Waals surface area contributed by atoms with E-state index in [1.807, 2.05) is 66.9 Å². The van der Waals surface area contributed by atoms with Gasteiger partial charge in [0.1, 0.15) is 12.4 Å². The van der Waals surface area contributed by atoms with Gasteiger partial charge in [0.15, 0.2) is 5.78 Å². The van der Waals surface area contributed by atoms with E-state index in [-0.39, 0.29) is 12.4 Å². The molecule has 29 heavy (non-hydrogen) atoms. The van der Waals surface area contributed by atoms with E-state index in [0.29, 0.717) is 16.9 Å². The molecule has 0 aliphatic heterocycles. The molecule has 4 rings (SSSR count). The minimum absolute atomic E-state index is 0.0242. The molecule has 0 saturated heterocycles. The number of aryl methyl sites for hydroxylation is 1. The van der Waals surface area contributed by atoms with Crippen LogP contribution in [0.25, 0.3) is 21.7 Å². The predicted molar refractivity (Wildman–Crippen MR) is 119 cm³/mol. The third kappa shape index (κ3) is 3.62. The molecule has 1 heterocycles. The Morgan fingerprint density at radius 3 is 2.69 bits per heavy atom. The highest BCUT2D eigenvalue weighted by molar-refractivity contribution is 6.21. The molecule has 0 spiro atoms. The summed E-state index contributed by atoms with van der Waals surface area (Å²) in [6, 6.07) is 19.7. The Hall–Kier alpha value is -3.51. The predicted octanol–water partition coefficient (Wildman–Crippen LogP) is 5.84. The molecule has 0 bridgehead atoms. The smallest absolute Gasteiger partial charge is 0.195 e. The van der Waals surface area contributed by atoms with E-state index >= 15 is 0 Å². The van der Waals surface area contributed by atoms with Gasteiger partial charge in [-0.15, -0.1) is 6.42 Å². The fraction of sp³-hybridized carbons (Fsp3) is 0.192. The van der Waals surface area contributed by atoms with Crippen molar-refractivity contribution in [2.45, 2.75) is 26.3 Å². The van der Waals surface area contributed by atoms with Crippen LogP contribution in [0.1, 0.15) is 35.7 Å². The van der Waals surface area contributed by atoms with Gasteiger partial charge in [0.25, 0.3) is 0 Å². The molecule has 1 aromatic heterocycles. The molecule has 3 aromatic carbocycles. The zero-order valence-corrected chi connectivity index (χ0v) is 16.5. The van der Waals surface area contributed by atoms with Crippen LogP contribution in [0.5, 0.6) is 5.75 Å². The van der Waals surface area contributed by atoms with Crippen molar-refractivity contribution >= 4 is 27.5 Å². The van der Waals surface area contributed by atoms with E-state index in [4.69, 9.17) is 11.2 Å². The van der Waals surface area contributed by atoms with Gasteiger partial charge in [-0.1, -0.05) is 61.7 Å². The van der Waals surface area contributed by atoms with Crippen LogP contribution in [-0.2, 0) is 6.54 Å². The molecule has 0 atom stereocenters. The van der Waals surface area contributed by atoms with Crippen molar-refractivity contribution in [1.29, 1.82) is 0 Å². The van der Waals surface area contributed by atoms with Crippen LogP contribution in [0.3, 0.4) is 0 Å². The molecule has 0 fully saturated rings. The molecule has 0 radical (unpaired) electrons. The summed E-state index contributed by atoms with van der Waals surface area (Å²) < 4.78 is 7.78. The monoisotopic (exact) mass is 381 g/mol. The van der Waals surface area contributed by atoms with Crippen LogP contribution in [0.4, 0.5) is 0 Å². The normalized spacial score (nSPS) is 10.9. The first-order valence-electron chi connectivity index (χ1n) is 9.94. The number of benzene rings is 3. The Labute approximate surface area is 170 Å². The summed E-state index contributed by atoms with van der Waals surface area (Å²) >= 11 is 0. The Bertz CT molecular complexity index is 1220. The van der Waals surface area contributed by atoms with Crippen LogP contribution in [0, 0.1) is 12.3 Å². The quantitative estimate of drug-likeness (QED) is 0.298. The van der Waals surface area contributed by atoms with Gasteiger partial charge in [-0.3, -0.25) is 4.79 Å². The first-order valence-corrected chi connectivity index (χ1v) is 9.94. The maximum atomic E-state index is 13.6. The summed E-state index contributed by atoms with van der Waals surface area (Å²) in [5.74, 6) is 3.19. The van der Waals surface area contributed by atoms with Crippen molar-refractivity contribution in [2.24, 2.45) is 0 Å². The number of hydrogen-bond acceptors (Lipinski definition) is 2. The lowest BCUT2D eigenvalue weighted by atomic mass is 9.97. The number of carbonyl (C=O) groups excluding carboxylic acids is 1. The topological polar surface area (TPSA) is 31.2 Å². The minimum atomic E-state index is 0.0242. The van der Waals surface area contributed by atoms with E-state index in [0.717, 1.165) is 41.1 Å². The van der Waals surface area contributed by atoms with E-state index in [1.165, 1.54) is 0 Å². The lowest BCUT2D eigenvalue weighted by Crippen LogP contribution is -2.02. The van der Waals surface area contributed by atoms with Gasteiger partial charge in [0.2, 0.25) is 0 Å². The maximum Gasteiger partial charge on any atom is 0.195 e. The van der Waals surface area contributed by atoms with Gasteiger partial charge in [0.05, 0.1) is 0 Å².